The van der Waals surface area contributed by atoms with Crippen molar-refractivity contribution in [1.82, 2.24) is 24.8 Å². The Morgan fingerprint density at radius 2 is 1.96 bits per heavy atom. The predicted octanol–water partition coefficient (Wildman–Crippen LogP) is 4.68. The van der Waals surface area contributed by atoms with Crippen molar-refractivity contribution in [3.63, 3.8) is 0 Å². The van der Waals surface area contributed by atoms with Crippen molar-refractivity contribution >= 4 is 22.9 Å². The van der Waals surface area contributed by atoms with Crippen LogP contribution in [0.4, 0.5) is 8.78 Å². The van der Waals surface area contributed by atoms with Gasteiger partial charge >= 0.3 is 5.97 Å². The van der Waals surface area contributed by atoms with E-state index in [4.69, 9.17) is 14.7 Å². The molecule has 13 heteroatoms. The van der Waals surface area contributed by atoms with E-state index in [0.717, 1.165) is 18.6 Å². The zero-order valence-electron chi connectivity index (χ0n) is 24.2. The van der Waals surface area contributed by atoms with Crippen molar-refractivity contribution in [3.8, 4) is 23.2 Å². The fraction of sp³-hybridized carbons (Fsp3) is 0.212. The Hall–Kier alpha value is -5.74. The van der Waals surface area contributed by atoms with E-state index in [2.05, 4.69) is 20.3 Å². The van der Waals surface area contributed by atoms with Crippen LogP contribution >= 0.6 is 0 Å². The molecule has 2 N–H and O–H groups in total. The maximum atomic E-state index is 15.5. The van der Waals surface area contributed by atoms with Crippen molar-refractivity contribution in [2.45, 2.75) is 32.1 Å². The summed E-state index contributed by atoms with van der Waals surface area (Å²) in [5.74, 6) is -2.26. The molecule has 232 valence electrons. The van der Waals surface area contributed by atoms with Gasteiger partial charge in [-0.25, -0.2) is 23.5 Å². The number of nitriles is 1. The van der Waals surface area contributed by atoms with Crippen molar-refractivity contribution < 1.29 is 33.0 Å². The van der Waals surface area contributed by atoms with Crippen LogP contribution < -0.4 is 10.1 Å². The zero-order chi connectivity index (χ0) is 32.2. The number of nitrogens with one attached hydrogen (secondary N) is 1. The van der Waals surface area contributed by atoms with Crippen LogP contribution in [0.2, 0.25) is 0 Å². The van der Waals surface area contributed by atoms with Gasteiger partial charge in [0.25, 0.3) is 5.91 Å². The molecule has 6 rings (SSSR count). The monoisotopic (exact) mass is 624 g/mol. The molecule has 1 aliphatic rings. The van der Waals surface area contributed by atoms with Gasteiger partial charge in [0.15, 0.2) is 0 Å². The number of pyridine rings is 2. The van der Waals surface area contributed by atoms with Gasteiger partial charge in [0.1, 0.15) is 36.3 Å². The molecule has 0 radical (unpaired) electrons. The first-order valence-electron chi connectivity index (χ1n) is 14.3. The van der Waals surface area contributed by atoms with Crippen molar-refractivity contribution in [2.24, 2.45) is 0 Å². The molecule has 1 amide bonds. The van der Waals surface area contributed by atoms with E-state index in [-0.39, 0.29) is 59.6 Å². The molecule has 0 saturated carbocycles. The molecule has 5 aromatic rings. The second-order valence-electron chi connectivity index (χ2n) is 10.6. The molecule has 1 unspecified atom stereocenters. The third-order valence-electron chi connectivity index (χ3n) is 7.51. The minimum absolute atomic E-state index is 0.0315. The molecule has 0 bridgehead atoms. The van der Waals surface area contributed by atoms with Crippen LogP contribution in [0.5, 0.6) is 5.88 Å². The number of amides is 1. The number of halogens is 2. The first kappa shape index (κ1) is 30.3. The van der Waals surface area contributed by atoms with Crippen molar-refractivity contribution in [1.29, 1.82) is 5.26 Å². The van der Waals surface area contributed by atoms with E-state index in [1.54, 1.807) is 30.3 Å². The van der Waals surface area contributed by atoms with Gasteiger partial charge in [-0.1, -0.05) is 12.1 Å². The molecule has 3 aromatic heterocycles. The third kappa shape index (κ3) is 6.52. The number of hydrogen-bond donors (Lipinski definition) is 2. The minimum atomic E-state index is -1.08. The number of aromatic carboxylic acids is 1. The summed E-state index contributed by atoms with van der Waals surface area (Å²) in [6.07, 6.45) is 2.18. The highest BCUT2D eigenvalue weighted by atomic mass is 19.1. The molecule has 11 nitrogen and oxygen atoms in total. The smallest absolute Gasteiger partial charge is 0.335 e. The fourth-order valence-corrected chi connectivity index (χ4v) is 5.02. The molecule has 1 fully saturated rings. The van der Waals surface area contributed by atoms with E-state index in [1.807, 2.05) is 10.6 Å². The summed E-state index contributed by atoms with van der Waals surface area (Å²) >= 11 is 0. The number of benzene rings is 2. The summed E-state index contributed by atoms with van der Waals surface area (Å²) < 4.78 is 44.1. The Morgan fingerprint density at radius 3 is 2.67 bits per heavy atom. The summed E-state index contributed by atoms with van der Waals surface area (Å²) in [4.78, 5) is 36.5. The highest BCUT2D eigenvalue weighted by Crippen LogP contribution is 2.29. The van der Waals surface area contributed by atoms with Gasteiger partial charge in [-0.2, -0.15) is 5.26 Å². The van der Waals surface area contributed by atoms with Crippen molar-refractivity contribution in [2.75, 3.05) is 13.2 Å². The molecule has 0 aliphatic carbocycles. The summed E-state index contributed by atoms with van der Waals surface area (Å²) in [6, 6.07) is 16.5. The maximum absolute atomic E-state index is 15.5. The van der Waals surface area contributed by atoms with Crippen LogP contribution in [0.1, 0.15) is 44.2 Å². The number of imidazole rings is 1. The van der Waals surface area contributed by atoms with E-state index in [9.17, 15) is 14.7 Å². The Labute approximate surface area is 261 Å². The number of hydrogen-bond acceptors (Lipinski definition) is 8. The average molecular weight is 625 g/mol. The van der Waals surface area contributed by atoms with Crippen molar-refractivity contribution in [3.05, 3.63) is 107 Å². The molecule has 2 aromatic carbocycles. The third-order valence-corrected chi connectivity index (χ3v) is 7.51. The van der Waals surface area contributed by atoms with Gasteiger partial charge in [-0.3, -0.25) is 9.78 Å². The lowest BCUT2D eigenvalue weighted by molar-refractivity contribution is -0.0589. The number of nitrogens with zero attached hydrogens (tertiary/aromatic N) is 5. The SMILES string of the molecule is N#CCNC(=O)c1ccc(COc2cccc(-c3cc(F)c(Cc4nc5ccc(C(=O)O)cc5n4CC4CCO4)cc3F)n2)cn1. The topological polar surface area (TPSA) is 152 Å². The Balaban J connectivity index is 1.20. The lowest BCUT2D eigenvalue weighted by atomic mass is 10.0. The van der Waals surface area contributed by atoms with Gasteiger partial charge in [0, 0.05) is 36.4 Å². The molecule has 1 saturated heterocycles. The van der Waals surface area contributed by atoms with Crippen LogP contribution in [-0.2, 0) is 24.3 Å². The number of aromatic nitrogens is 4. The maximum Gasteiger partial charge on any atom is 0.335 e. The Morgan fingerprint density at radius 1 is 1.11 bits per heavy atom. The lowest BCUT2D eigenvalue weighted by Crippen LogP contribution is -2.31. The molecule has 0 spiro atoms. The standard InChI is InChI=1S/C33H26F2N6O5/c34-24-15-23(26-2-1-3-31(40-26)46-18-19-4-6-28(38-16-19)32(42)37-10-9-36)25(35)12-21(24)14-30-39-27-7-5-20(33(43)44)13-29(27)41(30)17-22-8-11-45-22/h1-7,12-13,15-16,22H,8,10-11,14,17-18H2,(H,37,42)(H,43,44). The minimum Gasteiger partial charge on any atom is -0.478 e. The van der Waals surface area contributed by atoms with E-state index < -0.39 is 23.5 Å². The van der Waals surface area contributed by atoms with Crippen LogP contribution in [0.25, 0.3) is 22.3 Å². The normalized spacial score (nSPS) is 14.0. The highest BCUT2D eigenvalue weighted by molar-refractivity contribution is 5.93. The average Bonchev–Trinajstić information content (AvgIpc) is 3.38. The molecule has 46 heavy (non-hydrogen) atoms. The van der Waals surface area contributed by atoms with Crippen LogP contribution in [-0.4, -0.2) is 55.8 Å². The fourth-order valence-electron chi connectivity index (χ4n) is 5.02. The summed E-state index contributed by atoms with van der Waals surface area (Å²) in [5, 5.41) is 20.5. The van der Waals surface area contributed by atoms with Gasteiger partial charge in [0.2, 0.25) is 5.88 Å². The van der Waals surface area contributed by atoms with Crippen LogP contribution in [0.3, 0.4) is 0 Å². The second-order valence-corrected chi connectivity index (χ2v) is 10.6. The predicted molar refractivity (Wildman–Crippen MR) is 160 cm³/mol. The largest absolute Gasteiger partial charge is 0.478 e. The number of rotatable bonds is 11. The number of carbonyl (C=O) groups excluding carboxylic acids is 1. The van der Waals surface area contributed by atoms with Gasteiger partial charge in [-0.15, -0.1) is 0 Å². The quantitative estimate of drug-likeness (QED) is 0.200. The van der Waals surface area contributed by atoms with Crippen LogP contribution in [0.15, 0.2) is 66.9 Å². The molecular formula is C33H26F2N6O5. The van der Waals surface area contributed by atoms with E-state index in [1.165, 1.54) is 24.4 Å². The van der Waals surface area contributed by atoms with Gasteiger partial charge in [0.05, 0.1) is 41.0 Å². The summed E-state index contributed by atoms with van der Waals surface area (Å²) in [7, 11) is 0. The van der Waals surface area contributed by atoms with Gasteiger partial charge < -0.3 is 24.5 Å². The number of carboxylic acids is 1. The molecule has 4 heterocycles. The number of ether oxygens (including phenoxy) is 2. The lowest BCUT2D eigenvalue weighted by Gasteiger charge is -2.27. The van der Waals surface area contributed by atoms with E-state index in [0.29, 0.717) is 35.6 Å². The Kier molecular flexibility index (Phi) is 8.62. The van der Waals surface area contributed by atoms with Crippen LogP contribution in [0, 0.1) is 23.0 Å². The first-order chi connectivity index (χ1) is 22.3. The number of carboxylic acid groups (broad SMARTS) is 1. The summed E-state index contributed by atoms with van der Waals surface area (Å²) in [5.41, 5.74) is 2.21. The van der Waals surface area contributed by atoms with Gasteiger partial charge in [-0.05, 0) is 54.4 Å². The molecular weight excluding hydrogens is 598 g/mol. The number of fused-ring (bicyclic) bond motifs is 1. The Bertz CT molecular complexity index is 1990. The second kappa shape index (κ2) is 13.1. The molecule has 1 atom stereocenters. The molecule has 1 aliphatic heterocycles. The number of carbonyl (C=O) groups is 2. The van der Waals surface area contributed by atoms with E-state index >= 15 is 8.78 Å². The zero-order valence-corrected chi connectivity index (χ0v) is 24.2. The highest BCUT2D eigenvalue weighted by Gasteiger charge is 2.24. The summed E-state index contributed by atoms with van der Waals surface area (Å²) in [6.45, 7) is 0.965. The first-order valence-corrected chi connectivity index (χ1v) is 14.3.